The first-order valence-electron chi connectivity index (χ1n) is 14.4. The molecule has 12 nitrogen and oxygen atoms in total. The smallest absolute Gasteiger partial charge is 0.410 e. The van der Waals surface area contributed by atoms with Crippen molar-refractivity contribution in [2.45, 2.75) is 51.4 Å². The van der Waals surface area contributed by atoms with Crippen LogP contribution in [0, 0.1) is 5.82 Å². The average molecular weight is 616 g/mol. The summed E-state index contributed by atoms with van der Waals surface area (Å²) in [4.78, 5) is 49.2. The Labute approximate surface area is 259 Å². The Kier molecular flexibility index (Phi) is 9.07. The number of piperidine rings is 1. The lowest BCUT2D eigenvalue weighted by Gasteiger charge is -2.33. The van der Waals surface area contributed by atoms with Crippen LogP contribution in [0.4, 0.5) is 20.7 Å². The van der Waals surface area contributed by atoms with E-state index in [1.54, 1.807) is 52.3 Å². The van der Waals surface area contributed by atoms with E-state index in [0.717, 1.165) is 6.07 Å². The van der Waals surface area contributed by atoms with E-state index in [-0.39, 0.29) is 29.3 Å². The van der Waals surface area contributed by atoms with Crippen LogP contribution >= 0.6 is 0 Å². The highest BCUT2D eigenvalue weighted by molar-refractivity contribution is 5.99. The molecule has 4 aromatic rings. The standard InChI is InChI=1S/C32H34FN7O5/c1-32(2,3)45-31(43)39-14-12-24(13-15-39)40-19-21(17-36-40)25-18-35-28(34)26(38-25)30(42)44-27(20-8-5-4-6-9-20)29(41)37-23-11-7-10-22(33)16-23/h4-11,16-19,24,27H,12-15H2,1-3H3,(H2,34,35)(H,37,41)/t27-/m1/s1. The van der Waals surface area contributed by atoms with Crippen molar-refractivity contribution in [3.8, 4) is 11.3 Å². The van der Waals surface area contributed by atoms with Crippen molar-refractivity contribution in [2.24, 2.45) is 0 Å². The number of rotatable bonds is 7. The van der Waals surface area contributed by atoms with E-state index in [9.17, 15) is 18.8 Å². The Hall–Kier alpha value is -5.33. The van der Waals surface area contributed by atoms with E-state index in [0.29, 0.717) is 42.8 Å². The van der Waals surface area contributed by atoms with Gasteiger partial charge >= 0.3 is 12.1 Å². The zero-order valence-corrected chi connectivity index (χ0v) is 25.1. The van der Waals surface area contributed by atoms with Crippen molar-refractivity contribution in [3.05, 3.63) is 90.3 Å². The SMILES string of the molecule is CC(C)(C)OC(=O)N1CCC(n2cc(-c3cnc(N)c(C(=O)O[C@@H](C(=O)Nc4cccc(F)c4)c4ccccc4)n3)cn2)CC1. The average Bonchev–Trinajstić information content (AvgIpc) is 3.50. The zero-order chi connectivity index (χ0) is 32.1. The number of carbonyl (C=O) groups excluding carboxylic acids is 3. The van der Waals surface area contributed by atoms with E-state index in [1.807, 2.05) is 20.8 Å². The number of halogens is 1. The maximum atomic E-state index is 13.7. The third kappa shape index (κ3) is 7.80. The van der Waals surface area contributed by atoms with Crippen molar-refractivity contribution >= 4 is 29.5 Å². The molecule has 0 unspecified atom stereocenters. The molecule has 1 atom stereocenters. The van der Waals surface area contributed by atoms with Gasteiger partial charge in [-0.3, -0.25) is 9.48 Å². The molecule has 2 amide bonds. The fourth-order valence-electron chi connectivity index (χ4n) is 4.83. The molecule has 1 aliphatic rings. The number of nitrogens with two attached hydrogens (primary N) is 1. The topological polar surface area (TPSA) is 155 Å². The van der Waals surface area contributed by atoms with E-state index >= 15 is 0 Å². The summed E-state index contributed by atoms with van der Waals surface area (Å²) in [6, 6.07) is 13.8. The van der Waals surface area contributed by atoms with Crippen LogP contribution in [0.1, 0.15) is 61.8 Å². The Balaban J connectivity index is 1.30. The second kappa shape index (κ2) is 13.1. The van der Waals surface area contributed by atoms with E-state index in [1.165, 1.54) is 24.4 Å². The fraction of sp³-hybridized carbons (Fsp3) is 0.312. The second-order valence-electron chi connectivity index (χ2n) is 11.6. The second-order valence-corrected chi connectivity index (χ2v) is 11.6. The monoisotopic (exact) mass is 615 g/mol. The molecule has 13 heteroatoms. The molecule has 2 aromatic carbocycles. The lowest BCUT2D eigenvalue weighted by molar-refractivity contribution is -0.125. The van der Waals surface area contributed by atoms with Crippen molar-refractivity contribution in [1.29, 1.82) is 0 Å². The maximum Gasteiger partial charge on any atom is 0.410 e. The Bertz CT molecular complexity index is 1680. The third-order valence-corrected chi connectivity index (χ3v) is 7.04. The van der Waals surface area contributed by atoms with Crippen LogP contribution in [0.15, 0.2) is 73.2 Å². The van der Waals surface area contributed by atoms with Crippen LogP contribution in [0.3, 0.4) is 0 Å². The van der Waals surface area contributed by atoms with Crippen molar-refractivity contribution in [1.82, 2.24) is 24.6 Å². The van der Waals surface area contributed by atoms with Crippen molar-refractivity contribution in [3.63, 3.8) is 0 Å². The molecule has 0 spiro atoms. The number of nitrogens with one attached hydrogen (secondary N) is 1. The van der Waals surface area contributed by atoms with E-state index in [2.05, 4.69) is 20.4 Å². The minimum atomic E-state index is -1.39. The molecule has 0 radical (unpaired) electrons. The van der Waals surface area contributed by atoms with Gasteiger partial charge < -0.3 is 25.4 Å². The fourth-order valence-corrected chi connectivity index (χ4v) is 4.83. The molecule has 1 saturated heterocycles. The zero-order valence-electron chi connectivity index (χ0n) is 25.1. The highest BCUT2D eigenvalue weighted by Gasteiger charge is 2.30. The minimum Gasteiger partial charge on any atom is -0.444 e. The molecule has 5 rings (SSSR count). The number of amides is 2. The first-order valence-corrected chi connectivity index (χ1v) is 14.4. The van der Waals surface area contributed by atoms with Gasteiger partial charge in [0, 0.05) is 36.1 Å². The quantitative estimate of drug-likeness (QED) is 0.268. The predicted octanol–water partition coefficient (Wildman–Crippen LogP) is 5.17. The van der Waals surface area contributed by atoms with Gasteiger partial charge in [0.25, 0.3) is 5.91 Å². The van der Waals surface area contributed by atoms with Gasteiger partial charge in [0.1, 0.15) is 11.4 Å². The number of carbonyl (C=O) groups is 3. The first kappa shape index (κ1) is 31.1. The van der Waals surface area contributed by atoms with Gasteiger partial charge in [0.15, 0.2) is 11.5 Å². The summed E-state index contributed by atoms with van der Waals surface area (Å²) in [5.41, 5.74) is 6.69. The van der Waals surface area contributed by atoms with E-state index in [4.69, 9.17) is 15.2 Å². The van der Waals surface area contributed by atoms with Gasteiger partial charge in [0.05, 0.1) is 24.1 Å². The van der Waals surface area contributed by atoms with Gasteiger partial charge in [-0.05, 0) is 51.8 Å². The summed E-state index contributed by atoms with van der Waals surface area (Å²) in [5.74, 6) is -2.37. The molecule has 0 bridgehead atoms. The van der Waals surface area contributed by atoms with Gasteiger partial charge in [-0.15, -0.1) is 0 Å². The summed E-state index contributed by atoms with van der Waals surface area (Å²) in [6.45, 7) is 6.56. The summed E-state index contributed by atoms with van der Waals surface area (Å²) in [5, 5.41) is 7.07. The summed E-state index contributed by atoms with van der Waals surface area (Å²) in [6.07, 6.45) is 4.47. The summed E-state index contributed by atoms with van der Waals surface area (Å²) in [7, 11) is 0. The number of hydrogen-bond donors (Lipinski definition) is 2. The number of benzene rings is 2. The molecular formula is C32H34FN7O5. The van der Waals surface area contributed by atoms with Crippen LogP contribution in [0.25, 0.3) is 11.3 Å². The molecule has 3 heterocycles. The molecule has 3 N–H and O–H groups in total. The third-order valence-electron chi connectivity index (χ3n) is 7.04. The molecule has 2 aromatic heterocycles. The number of aromatic nitrogens is 4. The lowest BCUT2D eigenvalue weighted by Crippen LogP contribution is -2.42. The van der Waals surface area contributed by atoms with Crippen molar-refractivity contribution in [2.75, 3.05) is 24.1 Å². The number of nitrogen functional groups attached to an aromatic ring is 1. The molecule has 234 valence electrons. The van der Waals surface area contributed by atoms with E-state index < -0.39 is 29.4 Å². The molecule has 45 heavy (non-hydrogen) atoms. The number of hydrogen-bond acceptors (Lipinski definition) is 9. The van der Waals surface area contributed by atoms with Crippen LogP contribution in [-0.2, 0) is 14.3 Å². The van der Waals surface area contributed by atoms with Gasteiger partial charge in [-0.2, -0.15) is 5.10 Å². The molecule has 0 aliphatic carbocycles. The van der Waals surface area contributed by atoms with Gasteiger partial charge in [0.2, 0.25) is 6.10 Å². The highest BCUT2D eigenvalue weighted by Crippen LogP contribution is 2.27. The number of ether oxygens (including phenoxy) is 2. The molecule has 1 fully saturated rings. The largest absolute Gasteiger partial charge is 0.444 e. The maximum absolute atomic E-state index is 13.7. The molecule has 1 aliphatic heterocycles. The van der Waals surface area contributed by atoms with Crippen LogP contribution in [-0.4, -0.2) is 61.3 Å². The Morgan fingerprint density at radius 3 is 2.47 bits per heavy atom. The predicted molar refractivity (Wildman–Crippen MR) is 163 cm³/mol. The van der Waals surface area contributed by atoms with Gasteiger partial charge in [-0.25, -0.2) is 23.9 Å². The Morgan fingerprint density at radius 2 is 1.78 bits per heavy atom. The van der Waals surface area contributed by atoms with Crippen LogP contribution in [0.2, 0.25) is 0 Å². The number of anilines is 2. The summed E-state index contributed by atoms with van der Waals surface area (Å²) < 4.78 is 26.6. The van der Waals surface area contributed by atoms with Gasteiger partial charge in [-0.1, -0.05) is 36.4 Å². The molecular weight excluding hydrogens is 581 g/mol. The number of nitrogens with zero attached hydrogens (tertiary/aromatic N) is 5. The molecule has 0 saturated carbocycles. The van der Waals surface area contributed by atoms with Crippen molar-refractivity contribution < 1.29 is 28.2 Å². The highest BCUT2D eigenvalue weighted by atomic mass is 19.1. The number of likely N-dealkylation sites (tertiary alicyclic amines) is 1. The Morgan fingerprint density at radius 1 is 1.04 bits per heavy atom. The first-order chi connectivity index (χ1) is 21.5. The van der Waals surface area contributed by atoms with Crippen LogP contribution in [0.5, 0.6) is 0 Å². The lowest BCUT2D eigenvalue weighted by atomic mass is 10.1. The minimum absolute atomic E-state index is 0.0480. The van der Waals surface area contributed by atoms with Crippen LogP contribution < -0.4 is 11.1 Å². The number of esters is 1. The summed E-state index contributed by atoms with van der Waals surface area (Å²) >= 11 is 0. The normalized spacial score (nSPS) is 14.4.